The first-order valence-corrected chi connectivity index (χ1v) is 5.70. The van der Waals surface area contributed by atoms with Crippen LogP contribution in [-0.4, -0.2) is 5.78 Å². The first kappa shape index (κ1) is 13.3. The Morgan fingerprint density at radius 2 is 1.63 bits per heavy atom. The second kappa shape index (κ2) is 5.26. The summed E-state index contributed by atoms with van der Waals surface area (Å²) in [5.41, 5.74) is 0.851. The smallest absolute Gasteiger partial charge is 0.167 e. The van der Waals surface area contributed by atoms with E-state index in [1.807, 2.05) is 0 Å². The summed E-state index contributed by atoms with van der Waals surface area (Å²) in [6.07, 6.45) is -0.169. The van der Waals surface area contributed by atoms with Gasteiger partial charge in [-0.05, 0) is 36.2 Å². The zero-order chi connectivity index (χ0) is 14.0. The molecule has 0 radical (unpaired) electrons. The van der Waals surface area contributed by atoms with Crippen molar-refractivity contribution in [3.05, 3.63) is 70.5 Å². The molecule has 98 valence electrons. The van der Waals surface area contributed by atoms with Crippen LogP contribution in [0.15, 0.2) is 36.4 Å². The fourth-order valence-electron chi connectivity index (χ4n) is 1.77. The lowest BCUT2D eigenvalue weighted by atomic mass is 10.0. The quantitative estimate of drug-likeness (QED) is 0.770. The van der Waals surface area contributed by atoms with Crippen LogP contribution in [0.1, 0.15) is 21.5 Å². The number of hydrogen-bond acceptors (Lipinski definition) is 1. The zero-order valence-corrected chi connectivity index (χ0v) is 10.2. The van der Waals surface area contributed by atoms with Gasteiger partial charge in [-0.2, -0.15) is 0 Å². The molecule has 2 aromatic rings. The van der Waals surface area contributed by atoms with E-state index in [4.69, 9.17) is 0 Å². The summed E-state index contributed by atoms with van der Waals surface area (Å²) >= 11 is 0. The van der Waals surface area contributed by atoms with Gasteiger partial charge in [-0.3, -0.25) is 4.79 Å². The van der Waals surface area contributed by atoms with Crippen LogP contribution >= 0.6 is 0 Å². The maximum Gasteiger partial charge on any atom is 0.167 e. The van der Waals surface area contributed by atoms with Crippen molar-refractivity contribution in [2.24, 2.45) is 0 Å². The van der Waals surface area contributed by atoms with Gasteiger partial charge in [-0.15, -0.1) is 0 Å². The van der Waals surface area contributed by atoms with Crippen molar-refractivity contribution in [3.8, 4) is 0 Å². The molecule has 1 nitrogen and oxygen atoms in total. The molecule has 0 atom stereocenters. The average Bonchev–Trinajstić information content (AvgIpc) is 2.31. The number of aryl methyl sites for hydroxylation is 1. The lowest BCUT2D eigenvalue weighted by molar-refractivity contribution is 0.0992. The summed E-state index contributed by atoms with van der Waals surface area (Å²) < 4.78 is 39.3. The van der Waals surface area contributed by atoms with Crippen LogP contribution in [0.4, 0.5) is 13.2 Å². The first-order chi connectivity index (χ1) is 8.95. The van der Waals surface area contributed by atoms with Crippen molar-refractivity contribution in [2.45, 2.75) is 13.3 Å². The predicted molar refractivity (Wildman–Crippen MR) is 65.5 cm³/mol. The van der Waals surface area contributed by atoms with Gasteiger partial charge in [0.05, 0.1) is 0 Å². The Morgan fingerprint density at radius 1 is 1.00 bits per heavy atom. The Kier molecular flexibility index (Phi) is 3.69. The van der Waals surface area contributed by atoms with E-state index in [-0.39, 0.29) is 23.3 Å². The molecule has 0 N–H and O–H groups in total. The SMILES string of the molecule is Cc1ccc(C(=O)Cc2cc(F)cc(F)c2)cc1F. The predicted octanol–water partition coefficient (Wildman–Crippen LogP) is 3.84. The fraction of sp³-hybridized carbons (Fsp3) is 0.133. The molecule has 0 aliphatic heterocycles. The van der Waals surface area contributed by atoms with Crippen LogP contribution in [0.25, 0.3) is 0 Å². The molecule has 0 saturated heterocycles. The van der Waals surface area contributed by atoms with Crippen LogP contribution in [0.3, 0.4) is 0 Å². The van der Waals surface area contributed by atoms with Gasteiger partial charge in [-0.25, -0.2) is 13.2 Å². The molecule has 0 unspecified atom stereocenters. The van der Waals surface area contributed by atoms with Crippen LogP contribution in [0, 0.1) is 24.4 Å². The normalized spacial score (nSPS) is 10.5. The Labute approximate surface area is 108 Å². The van der Waals surface area contributed by atoms with E-state index in [2.05, 4.69) is 0 Å². The van der Waals surface area contributed by atoms with E-state index in [9.17, 15) is 18.0 Å². The van der Waals surface area contributed by atoms with Crippen molar-refractivity contribution in [3.63, 3.8) is 0 Å². The standard InChI is InChI=1S/C15H11F3O/c1-9-2-3-11(7-14(9)18)15(19)6-10-4-12(16)8-13(17)5-10/h2-5,7-8H,6H2,1H3. The molecule has 0 aliphatic carbocycles. The molecule has 19 heavy (non-hydrogen) atoms. The van der Waals surface area contributed by atoms with Gasteiger partial charge < -0.3 is 0 Å². The molecule has 0 fully saturated rings. The molecule has 4 heteroatoms. The summed E-state index contributed by atoms with van der Waals surface area (Å²) in [7, 11) is 0. The van der Waals surface area contributed by atoms with Gasteiger partial charge in [0.15, 0.2) is 5.78 Å². The molecule has 0 aliphatic rings. The highest BCUT2D eigenvalue weighted by atomic mass is 19.1. The molecule has 0 spiro atoms. The molecule has 2 rings (SSSR count). The first-order valence-electron chi connectivity index (χ1n) is 5.70. The number of ketones is 1. The molecule has 0 bridgehead atoms. The Balaban J connectivity index is 2.22. The van der Waals surface area contributed by atoms with Gasteiger partial charge in [0.1, 0.15) is 17.5 Å². The summed E-state index contributed by atoms with van der Waals surface area (Å²) in [6.45, 7) is 1.59. The number of Topliss-reactive ketones (excluding diaryl/α,β-unsaturated/α-hetero) is 1. The molecular weight excluding hydrogens is 253 g/mol. The van der Waals surface area contributed by atoms with E-state index in [1.54, 1.807) is 6.92 Å². The number of rotatable bonds is 3. The van der Waals surface area contributed by atoms with Gasteiger partial charge in [0, 0.05) is 18.1 Å². The summed E-state index contributed by atoms with van der Waals surface area (Å²) in [4.78, 5) is 11.9. The largest absolute Gasteiger partial charge is 0.294 e. The van der Waals surface area contributed by atoms with E-state index in [0.717, 1.165) is 24.3 Å². The molecular formula is C15H11F3O. The van der Waals surface area contributed by atoms with Crippen molar-refractivity contribution < 1.29 is 18.0 Å². The zero-order valence-electron chi connectivity index (χ0n) is 10.2. The average molecular weight is 264 g/mol. The third-order valence-electron chi connectivity index (χ3n) is 2.78. The van der Waals surface area contributed by atoms with Crippen LogP contribution in [-0.2, 0) is 6.42 Å². The van der Waals surface area contributed by atoms with E-state index in [1.165, 1.54) is 12.1 Å². The van der Waals surface area contributed by atoms with Crippen molar-refractivity contribution >= 4 is 5.78 Å². The summed E-state index contributed by atoms with van der Waals surface area (Å²) in [5.74, 6) is -2.34. The van der Waals surface area contributed by atoms with Gasteiger partial charge in [0.2, 0.25) is 0 Å². The van der Waals surface area contributed by atoms with Crippen LogP contribution in [0.5, 0.6) is 0 Å². The Bertz CT molecular complexity index is 615. The maximum absolute atomic E-state index is 13.3. The number of carbonyl (C=O) groups is 1. The summed E-state index contributed by atoms with van der Waals surface area (Å²) in [5, 5.41) is 0. The number of hydrogen-bond donors (Lipinski definition) is 0. The fourth-order valence-corrected chi connectivity index (χ4v) is 1.77. The number of benzene rings is 2. The van der Waals surface area contributed by atoms with Crippen molar-refractivity contribution in [1.29, 1.82) is 0 Å². The molecule has 0 amide bonds. The van der Waals surface area contributed by atoms with E-state index >= 15 is 0 Å². The molecule has 0 aromatic heterocycles. The topological polar surface area (TPSA) is 17.1 Å². The minimum atomic E-state index is -0.738. The highest BCUT2D eigenvalue weighted by molar-refractivity contribution is 5.97. The minimum absolute atomic E-state index is 0.169. The minimum Gasteiger partial charge on any atom is -0.294 e. The molecule has 0 heterocycles. The lowest BCUT2D eigenvalue weighted by Gasteiger charge is -2.04. The Hall–Kier alpha value is -2.10. The third kappa shape index (κ3) is 3.22. The highest BCUT2D eigenvalue weighted by Crippen LogP contribution is 2.14. The third-order valence-corrected chi connectivity index (χ3v) is 2.78. The van der Waals surface area contributed by atoms with Crippen LogP contribution in [0.2, 0.25) is 0 Å². The number of halogens is 3. The number of carbonyl (C=O) groups excluding carboxylic acids is 1. The monoisotopic (exact) mass is 264 g/mol. The van der Waals surface area contributed by atoms with Crippen molar-refractivity contribution in [1.82, 2.24) is 0 Å². The van der Waals surface area contributed by atoms with Gasteiger partial charge in [0.25, 0.3) is 0 Å². The van der Waals surface area contributed by atoms with Crippen LogP contribution < -0.4 is 0 Å². The maximum atomic E-state index is 13.3. The second-order valence-electron chi connectivity index (χ2n) is 4.34. The second-order valence-corrected chi connectivity index (χ2v) is 4.34. The Morgan fingerprint density at radius 3 is 2.21 bits per heavy atom. The molecule has 0 saturated carbocycles. The van der Waals surface area contributed by atoms with Crippen molar-refractivity contribution in [2.75, 3.05) is 0 Å². The van der Waals surface area contributed by atoms with E-state index in [0.29, 0.717) is 5.56 Å². The van der Waals surface area contributed by atoms with Gasteiger partial charge in [-0.1, -0.05) is 12.1 Å². The molecule has 2 aromatic carbocycles. The van der Waals surface area contributed by atoms with E-state index < -0.39 is 17.5 Å². The summed E-state index contributed by atoms with van der Waals surface area (Å²) in [6, 6.07) is 7.04. The van der Waals surface area contributed by atoms with Gasteiger partial charge >= 0.3 is 0 Å². The lowest BCUT2D eigenvalue weighted by Crippen LogP contribution is -2.05. The highest BCUT2D eigenvalue weighted by Gasteiger charge is 2.10.